The van der Waals surface area contributed by atoms with Gasteiger partial charge in [-0.2, -0.15) is 4.31 Å². The minimum atomic E-state index is -3.69. The Morgan fingerprint density at radius 3 is 2.50 bits per heavy atom. The van der Waals surface area contributed by atoms with E-state index >= 15 is 0 Å². The first-order valence-electron chi connectivity index (χ1n) is 8.96. The van der Waals surface area contributed by atoms with E-state index in [9.17, 15) is 18.0 Å². The summed E-state index contributed by atoms with van der Waals surface area (Å²) < 4.78 is 37.4. The molecule has 1 aromatic carbocycles. The zero-order valence-corrected chi connectivity index (χ0v) is 17.3. The molecule has 0 unspecified atom stereocenters. The molecular weight excluding hydrogens is 384 g/mol. The smallest absolute Gasteiger partial charge is 0.331 e. The van der Waals surface area contributed by atoms with E-state index in [-0.39, 0.29) is 18.0 Å². The molecule has 28 heavy (non-hydrogen) atoms. The molecule has 0 aliphatic carbocycles. The van der Waals surface area contributed by atoms with Gasteiger partial charge < -0.3 is 14.8 Å². The molecule has 1 atom stereocenters. The molecule has 1 saturated heterocycles. The number of carbonyl (C=O) groups is 2. The summed E-state index contributed by atoms with van der Waals surface area (Å²) in [6.07, 6.45) is 0.270. The van der Waals surface area contributed by atoms with Gasteiger partial charge in [-0.3, -0.25) is 4.79 Å². The lowest BCUT2D eigenvalue weighted by atomic mass is 10.2. The van der Waals surface area contributed by atoms with Crippen LogP contribution in [0.25, 0.3) is 0 Å². The molecule has 2 rings (SSSR count). The van der Waals surface area contributed by atoms with E-state index in [1.165, 1.54) is 23.4 Å². The highest BCUT2D eigenvalue weighted by Crippen LogP contribution is 2.24. The van der Waals surface area contributed by atoms with Crippen LogP contribution in [0.5, 0.6) is 0 Å². The van der Waals surface area contributed by atoms with Crippen LogP contribution in [0.3, 0.4) is 0 Å². The first-order valence-corrected chi connectivity index (χ1v) is 10.4. The average molecular weight is 410 g/mol. The maximum Gasteiger partial charge on any atom is 0.331 e. The van der Waals surface area contributed by atoms with Gasteiger partial charge in [-0.15, -0.1) is 0 Å². The summed E-state index contributed by atoms with van der Waals surface area (Å²) in [4.78, 5) is 24.1. The molecule has 9 heteroatoms. The van der Waals surface area contributed by atoms with Gasteiger partial charge in [0, 0.05) is 24.9 Å². The molecule has 0 bridgehead atoms. The number of aryl methyl sites for hydroxylation is 1. The van der Waals surface area contributed by atoms with Crippen LogP contribution in [-0.2, 0) is 29.1 Å². The number of esters is 1. The molecule has 1 fully saturated rings. The second-order valence-corrected chi connectivity index (χ2v) is 8.69. The molecule has 1 amide bonds. The highest BCUT2D eigenvalue weighted by atomic mass is 32.2. The minimum Gasteiger partial charge on any atom is -0.449 e. The van der Waals surface area contributed by atoms with Crippen LogP contribution in [0.2, 0.25) is 0 Å². The van der Waals surface area contributed by atoms with Crippen LogP contribution in [-0.4, -0.2) is 57.0 Å². The lowest BCUT2D eigenvalue weighted by molar-refractivity contribution is -0.148. The number of benzene rings is 1. The molecule has 0 saturated carbocycles. The van der Waals surface area contributed by atoms with Crippen molar-refractivity contribution in [3.8, 4) is 0 Å². The van der Waals surface area contributed by atoms with Gasteiger partial charge in [-0.05, 0) is 45.4 Å². The van der Waals surface area contributed by atoms with Crippen molar-refractivity contribution in [3.05, 3.63) is 35.4 Å². The van der Waals surface area contributed by atoms with Crippen LogP contribution < -0.4 is 5.32 Å². The Labute approximate surface area is 165 Å². The van der Waals surface area contributed by atoms with Crippen LogP contribution >= 0.6 is 0 Å². The Balaban J connectivity index is 2.15. The van der Waals surface area contributed by atoms with Gasteiger partial charge in [0.1, 0.15) is 0 Å². The van der Waals surface area contributed by atoms with E-state index in [0.29, 0.717) is 24.5 Å². The summed E-state index contributed by atoms with van der Waals surface area (Å²) in [6.45, 7) is 7.91. The Kier molecular flexibility index (Phi) is 7.34. The number of rotatable bonds is 6. The average Bonchev–Trinajstić information content (AvgIpc) is 2.63. The van der Waals surface area contributed by atoms with E-state index in [4.69, 9.17) is 9.47 Å². The predicted octanol–water partition coefficient (Wildman–Crippen LogP) is 1.85. The number of sulfonamides is 1. The Hall–Kier alpha value is -2.23. The number of morpholine rings is 1. The van der Waals surface area contributed by atoms with Crippen molar-refractivity contribution in [1.82, 2.24) is 4.31 Å². The topological polar surface area (TPSA) is 102 Å². The number of anilines is 1. The summed E-state index contributed by atoms with van der Waals surface area (Å²) in [7, 11) is -3.69. The van der Waals surface area contributed by atoms with Gasteiger partial charge in [0.25, 0.3) is 5.91 Å². The molecule has 0 aromatic heterocycles. The number of carbonyl (C=O) groups excluding carboxylic acids is 2. The quantitative estimate of drug-likeness (QED) is 0.567. The summed E-state index contributed by atoms with van der Waals surface area (Å²) in [6, 6.07) is 4.65. The zero-order chi connectivity index (χ0) is 20.9. The second kappa shape index (κ2) is 9.31. The number of hydrogen-bond acceptors (Lipinski definition) is 6. The minimum absolute atomic E-state index is 0.126. The molecule has 1 aliphatic heterocycles. The monoisotopic (exact) mass is 410 g/mol. The molecule has 1 aromatic rings. The first-order chi connectivity index (χ1) is 13.1. The molecule has 1 aliphatic rings. The lowest BCUT2D eigenvalue weighted by Gasteiger charge is -2.27. The lowest BCUT2D eigenvalue weighted by Crippen LogP contribution is -2.40. The largest absolute Gasteiger partial charge is 0.449 e. The summed E-state index contributed by atoms with van der Waals surface area (Å²) in [5.41, 5.74) is 1.65. The predicted molar refractivity (Wildman–Crippen MR) is 104 cm³/mol. The Morgan fingerprint density at radius 2 is 1.89 bits per heavy atom. The van der Waals surface area contributed by atoms with E-state index < -0.39 is 28.0 Å². The molecular formula is C19H26N2O6S. The van der Waals surface area contributed by atoms with Gasteiger partial charge in [-0.25, -0.2) is 13.2 Å². The van der Waals surface area contributed by atoms with Gasteiger partial charge in [0.2, 0.25) is 10.0 Å². The maximum atomic E-state index is 12.9. The van der Waals surface area contributed by atoms with Crippen molar-refractivity contribution in [2.75, 3.05) is 31.6 Å². The fourth-order valence-electron chi connectivity index (χ4n) is 2.62. The third-order valence-electron chi connectivity index (χ3n) is 4.11. The standard InChI is InChI=1S/C19H26N2O6S/c1-13(2)11-18(22)27-15(4)19(23)20-16-6-5-14(3)17(12-16)28(24,25)21-7-9-26-10-8-21/h5-6,11-12,15H,7-10H2,1-4H3,(H,20,23)/t15-/m1/s1. The van der Waals surface area contributed by atoms with Gasteiger partial charge >= 0.3 is 5.97 Å². The van der Waals surface area contributed by atoms with Crippen LogP contribution in [0.4, 0.5) is 5.69 Å². The Morgan fingerprint density at radius 1 is 1.25 bits per heavy atom. The summed E-state index contributed by atoms with van der Waals surface area (Å²) in [5.74, 6) is -1.16. The molecule has 1 N–H and O–H groups in total. The maximum absolute atomic E-state index is 12.9. The molecule has 0 spiro atoms. The van der Waals surface area contributed by atoms with Crippen LogP contribution in [0.1, 0.15) is 26.3 Å². The number of amides is 1. The number of nitrogens with zero attached hydrogens (tertiary/aromatic N) is 1. The fourth-order valence-corrected chi connectivity index (χ4v) is 4.28. The Bertz CT molecular complexity index is 868. The molecule has 1 heterocycles. The van der Waals surface area contributed by atoms with Crippen molar-refractivity contribution in [2.45, 2.75) is 38.7 Å². The van der Waals surface area contributed by atoms with Crippen LogP contribution in [0.15, 0.2) is 34.7 Å². The summed E-state index contributed by atoms with van der Waals surface area (Å²) in [5, 5.41) is 2.60. The molecule has 8 nitrogen and oxygen atoms in total. The van der Waals surface area contributed by atoms with E-state index in [1.807, 2.05) is 0 Å². The van der Waals surface area contributed by atoms with Crippen molar-refractivity contribution < 1.29 is 27.5 Å². The SMILES string of the molecule is CC(C)=CC(=O)O[C@H](C)C(=O)Nc1ccc(C)c(S(=O)(=O)N2CCOCC2)c1. The highest BCUT2D eigenvalue weighted by molar-refractivity contribution is 7.89. The fraction of sp³-hybridized carbons (Fsp3) is 0.474. The number of allylic oxidation sites excluding steroid dienone is 1. The van der Waals surface area contributed by atoms with Crippen molar-refractivity contribution in [3.63, 3.8) is 0 Å². The van der Waals surface area contributed by atoms with Gasteiger partial charge in [0.05, 0.1) is 18.1 Å². The second-order valence-electron chi connectivity index (χ2n) is 6.79. The number of nitrogens with one attached hydrogen (secondary N) is 1. The van der Waals surface area contributed by atoms with E-state index in [0.717, 1.165) is 5.57 Å². The number of hydrogen-bond donors (Lipinski definition) is 1. The molecule has 154 valence electrons. The van der Waals surface area contributed by atoms with E-state index in [2.05, 4.69) is 5.32 Å². The number of ether oxygens (including phenoxy) is 2. The summed E-state index contributed by atoms with van der Waals surface area (Å²) >= 11 is 0. The third kappa shape index (κ3) is 5.63. The molecule has 0 radical (unpaired) electrons. The van der Waals surface area contributed by atoms with Gasteiger partial charge in [0.15, 0.2) is 6.10 Å². The highest BCUT2D eigenvalue weighted by Gasteiger charge is 2.28. The van der Waals surface area contributed by atoms with Crippen molar-refractivity contribution in [2.24, 2.45) is 0 Å². The van der Waals surface area contributed by atoms with Gasteiger partial charge in [-0.1, -0.05) is 11.6 Å². The third-order valence-corrected chi connectivity index (χ3v) is 6.15. The van der Waals surface area contributed by atoms with E-state index in [1.54, 1.807) is 32.9 Å². The normalized spacial score (nSPS) is 16.1. The van der Waals surface area contributed by atoms with Crippen molar-refractivity contribution >= 4 is 27.6 Å². The van der Waals surface area contributed by atoms with Crippen molar-refractivity contribution in [1.29, 1.82) is 0 Å². The zero-order valence-electron chi connectivity index (χ0n) is 16.5. The van der Waals surface area contributed by atoms with Crippen LogP contribution in [0, 0.1) is 6.92 Å². The first kappa shape index (κ1) is 22.1.